The molecular formula is C30H30ClFN4O6. The number of rotatable bonds is 5. The smallest absolute Gasteiger partial charge is 0.297 e. The van der Waals surface area contributed by atoms with E-state index in [2.05, 4.69) is 0 Å². The van der Waals surface area contributed by atoms with E-state index in [4.69, 9.17) is 11.6 Å². The molecule has 2 N–H and O–H groups in total. The van der Waals surface area contributed by atoms with Gasteiger partial charge in [0, 0.05) is 44.2 Å². The molecule has 0 radical (unpaired) electrons. The highest BCUT2D eigenvalue weighted by atomic mass is 35.5. The Hall–Kier alpha value is -3.86. The van der Waals surface area contributed by atoms with Crippen LogP contribution >= 0.6 is 11.6 Å². The second-order valence-corrected chi connectivity index (χ2v) is 12.4. The average molecular weight is 597 g/mol. The van der Waals surface area contributed by atoms with Crippen LogP contribution in [-0.4, -0.2) is 71.7 Å². The van der Waals surface area contributed by atoms with Crippen LogP contribution in [0.2, 0.25) is 5.02 Å². The van der Waals surface area contributed by atoms with Crippen molar-refractivity contribution >= 4 is 35.1 Å². The fourth-order valence-corrected chi connectivity index (χ4v) is 7.93. The number of carbonyl (C=O) groups excluding carboxylic acids is 4. The van der Waals surface area contributed by atoms with E-state index in [1.165, 1.54) is 44.7 Å². The van der Waals surface area contributed by atoms with Crippen LogP contribution in [0.25, 0.3) is 0 Å². The van der Waals surface area contributed by atoms with Crippen LogP contribution in [0.1, 0.15) is 44.1 Å². The molecule has 12 heteroatoms. The van der Waals surface area contributed by atoms with Crippen LogP contribution in [0.15, 0.2) is 41.6 Å². The third-order valence-electron chi connectivity index (χ3n) is 9.86. The number of aromatic nitrogens is 1. The van der Waals surface area contributed by atoms with E-state index in [0.29, 0.717) is 30.7 Å². The average Bonchev–Trinajstić information content (AvgIpc) is 3.48. The molecule has 1 aromatic heterocycles. The van der Waals surface area contributed by atoms with Gasteiger partial charge in [-0.3, -0.25) is 28.6 Å². The molecule has 1 aromatic carbocycles. The van der Waals surface area contributed by atoms with Crippen molar-refractivity contribution in [3.63, 3.8) is 0 Å². The van der Waals surface area contributed by atoms with Crippen LogP contribution in [-0.2, 0) is 32.3 Å². The van der Waals surface area contributed by atoms with Crippen molar-refractivity contribution in [3.8, 4) is 11.8 Å². The van der Waals surface area contributed by atoms with Crippen LogP contribution in [0.4, 0.5) is 4.39 Å². The van der Waals surface area contributed by atoms with E-state index >= 15 is 0 Å². The van der Waals surface area contributed by atoms with Crippen LogP contribution < -0.4 is 0 Å². The normalized spacial score (nSPS) is 28.8. The number of hydrogen-bond donors (Lipinski definition) is 2. The topological polar surface area (TPSA) is 123 Å². The number of aromatic hydroxyl groups is 2. The standard InChI is InChI=1S/C30H30ClFN4O6/c31-21-13-16(1-4-22(21)32)15-33-10-8-17-2-3-19(27(33)40)26(39)29(42)36-25(17)28(41)35(30(36)9-7-18-14-20(18)30)12-11-34-23(37)5-6-24(34)38/h1,4-6,13,18-20,37-38H,2-3,7-12,14-15H2. The number of carbonyl (C=O) groups is 4. The summed E-state index contributed by atoms with van der Waals surface area (Å²) in [6.07, 6.45) is 2.95. The molecule has 2 aliphatic carbocycles. The molecule has 2 saturated heterocycles. The molecule has 2 bridgehead atoms. The maximum absolute atomic E-state index is 14.3. The molecule has 4 heterocycles. The predicted octanol–water partition coefficient (Wildman–Crippen LogP) is 3.15. The number of Topliss-reactive ketones (excluding diaryl/α,β-unsaturated/α-hetero) is 1. The highest BCUT2D eigenvalue weighted by molar-refractivity contribution is 6.41. The molecule has 2 aromatic rings. The lowest BCUT2D eigenvalue weighted by Crippen LogP contribution is -2.59. The number of hydrogen-bond acceptors (Lipinski definition) is 6. The largest absolute Gasteiger partial charge is 0.494 e. The summed E-state index contributed by atoms with van der Waals surface area (Å²) in [5, 5.41) is 20.3. The Bertz CT molecular complexity index is 1570. The summed E-state index contributed by atoms with van der Waals surface area (Å²) >= 11 is 5.96. The zero-order valence-electron chi connectivity index (χ0n) is 22.8. The number of benzene rings is 1. The van der Waals surface area contributed by atoms with Crippen molar-refractivity contribution in [1.82, 2.24) is 19.3 Å². The third kappa shape index (κ3) is 3.89. The lowest BCUT2D eigenvalue weighted by molar-refractivity contribution is -0.157. The Morgan fingerprint density at radius 3 is 2.40 bits per heavy atom. The Labute approximate surface area is 245 Å². The first-order chi connectivity index (χ1) is 20.1. The monoisotopic (exact) mass is 596 g/mol. The van der Waals surface area contributed by atoms with Crippen LogP contribution in [0, 0.1) is 23.6 Å². The van der Waals surface area contributed by atoms with Crippen LogP contribution in [0.5, 0.6) is 11.8 Å². The maximum Gasteiger partial charge on any atom is 0.297 e. The van der Waals surface area contributed by atoms with Crippen molar-refractivity contribution in [3.05, 3.63) is 58.0 Å². The van der Waals surface area contributed by atoms with E-state index in [1.54, 1.807) is 4.90 Å². The quantitative estimate of drug-likeness (QED) is 0.404. The molecule has 10 nitrogen and oxygen atoms in total. The van der Waals surface area contributed by atoms with Gasteiger partial charge in [-0.1, -0.05) is 17.7 Å². The lowest BCUT2D eigenvalue weighted by Gasteiger charge is -2.43. The highest BCUT2D eigenvalue weighted by Crippen LogP contribution is 2.64. The number of nitrogens with zero attached hydrogens (tertiary/aromatic N) is 4. The van der Waals surface area contributed by atoms with Gasteiger partial charge in [-0.25, -0.2) is 4.39 Å². The van der Waals surface area contributed by atoms with Crippen molar-refractivity contribution in [2.45, 2.75) is 57.3 Å². The molecule has 4 unspecified atom stereocenters. The molecule has 1 spiro atoms. The van der Waals surface area contributed by atoms with Gasteiger partial charge < -0.3 is 20.0 Å². The Kier molecular flexibility index (Phi) is 6.16. The summed E-state index contributed by atoms with van der Waals surface area (Å²) in [4.78, 5) is 60.6. The van der Waals surface area contributed by atoms with Gasteiger partial charge in [-0.05, 0) is 67.7 Å². The fourth-order valence-electron chi connectivity index (χ4n) is 7.72. The first kappa shape index (κ1) is 27.0. The second-order valence-electron chi connectivity index (χ2n) is 12.0. The summed E-state index contributed by atoms with van der Waals surface area (Å²) in [7, 11) is 0. The highest BCUT2D eigenvalue weighted by Gasteiger charge is 2.70. The van der Waals surface area contributed by atoms with Gasteiger partial charge in [0.1, 0.15) is 23.1 Å². The number of halogens is 2. The second kappa shape index (κ2) is 9.58. The minimum absolute atomic E-state index is 0.0139. The lowest BCUT2D eigenvalue weighted by atomic mass is 9.86. The molecule has 3 amide bonds. The molecule has 4 fully saturated rings. The summed E-state index contributed by atoms with van der Waals surface area (Å²) in [6, 6.07) is 6.91. The first-order valence-corrected chi connectivity index (χ1v) is 14.7. The molecule has 7 rings (SSSR count). The molecule has 4 atom stereocenters. The third-order valence-corrected chi connectivity index (χ3v) is 10.1. The number of fused-ring (bicyclic) bond motifs is 7. The van der Waals surface area contributed by atoms with Gasteiger partial charge >= 0.3 is 0 Å². The first-order valence-electron chi connectivity index (χ1n) is 14.3. The zero-order chi connectivity index (χ0) is 29.5. The fraction of sp³-hybridized carbons (Fsp3) is 0.467. The summed E-state index contributed by atoms with van der Waals surface area (Å²) in [5.74, 6) is -4.14. The molecule has 220 valence electrons. The van der Waals surface area contributed by atoms with E-state index in [0.717, 1.165) is 18.4 Å². The van der Waals surface area contributed by atoms with Crippen molar-refractivity contribution in [2.24, 2.45) is 17.8 Å². The Balaban J connectivity index is 1.28. The predicted molar refractivity (Wildman–Crippen MR) is 146 cm³/mol. The number of ketones is 1. The van der Waals surface area contributed by atoms with Gasteiger partial charge in [0.2, 0.25) is 11.7 Å². The summed E-state index contributed by atoms with van der Waals surface area (Å²) < 4.78 is 15.0. The van der Waals surface area contributed by atoms with Gasteiger partial charge in [-0.15, -0.1) is 0 Å². The molecule has 3 aliphatic heterocycles. The van der Waals surface area contributed by atoms with Gasteiger partial charge in [0.25, 0.3) is 11.8 Å². The van der Waals surface area contributed by atoms with E-state index in [-0.39, 0.29) is 66.9 Å². The van der Waals surface area contributed by atoms with Gasteiger partial charge in [0.05, 0.1) is 5.02 Å². The van der Waals surface area contributed by atoms with E-state index < -0.39 is 35.0 Å². The van der Waals surface area contributed by atoms with Crippen molar-refractivity contribution < 1.29 is 33.8 Å². The Morgan fingerprint density at radius 1 is 0.976 bits per heavy atom. The minimum Gasteiger partial charge on any atom is -0.494 e. The van der Waals surface area contributed by atoms with Crippen LogP contribution in [0.3, 0.4) is 0 Å². The molecule has 5 aliphatic rings. The summed E-state index contributed by atoms with van der Waals surface area (Å²) in [5.41, 5.74) is 0.546. The molecule has 42 heavy (non-hydrogen) atoms. The van der Waals surface area contributed by atoms with Gasteiger partial charge in [-0.2, -0.15) is 0 Å². The number of likely N-dealkylation sites (tertiary alicyclic amines) is 1. The van der Waals surface area contributed by atoms with E-state index in [9.17, 15) is 33.8 Å². The minimum atomic E-state index is -1.18. The Morgan fingerprint density at radius 2 is 1.74 bits per heavy atom. The van der Waals surface area contributed by atoms with E-state index in [1.807, 2.05) is 0 Å². The molecule has 2 saturated carbocycles. The SMILES string of the molecule is O=C1C(=O)N2C(=C3CCC1C(=O)N(Cc1ccc(F)c(Cl)c1)CC3)C(=O)N(CCn1c(O)ccc1O)C21CCC2CC21. The van der Waals surface area contributed by atoms with Crippen molar-refractivity contribution in [1.29, 1.82) is 0 Å². The van der Waals surface area contributed by atoms with Gasteiger partial charge in [0.15, 0.2) is 11.8 Å². The number of amides is 3. The van der Waals surface area contributed by atoms with Crippen molar-refractivity contribution in [2.75, 3.05) is 13.1 Å². The maximum atomic E-state index is 14.3. The molecular weight excluding hydrogens is 567 g/mol. The summed E-state index contributed by atoms with van der Waals surface area (Å²) in [6.45, 7) is 0.520. The zero-order valence-corrected chi connectivity index (χ0v) is 23.5.